The number of thioether (sulfide) groups is 1. The number of nitrogens with zero attached hydrogens (tertiary/aromatic N) is 2. The Labute approximate surface area is 188 Å². The molecule has 0 amide bonds. The van der Waals surface area contributed by atoms with Gasteiger partial charge in [-0.05, 0) is 74.1 Å². The maximum absolute atomic E-state index is 13.7. The van der Waals surface area contributed by atoms with Gasteiger partial charge in [-0.25, -0.2) is 4.98 Å². The van der Waals surface area contributed by atoms with Crippen LogP contribution in [0.25, 0.3) is 15.9 Å². The SMILES string of the molecule is Cc1ccc(C)c(CSc2nc3sc4c(c3c(=O)n2-c2ccc(Cl)cc2)CCC4)c1. The molecule has 152 valence electrons. The molecule has 2 aromatic carbocycles. The molecule has 0 fully saturated rings. The molecule has 0 aliphatic heterocycles. The van der Waals surface area contributed by atoms with E-state index >= 15 is 0 Å². The molecule has 0 unspecified atom stereocenters. The molecule has 30 heavy (non-hydrogen) atoms. The third-order valence-electron chi connectivity index (χ3n) is 5.65. The molecule has 1 aliphatic carbocycles. The number of hydrogen-bond acceptors (Lipinski definition) is 4. The Balaban J connectivity index is 1.66. The summed E-state index contributed by atoms with van der Waals surface area (Å²) in [6, 6.07) is 13.9. The fraction of sp³-hybridized carbons (Fsp3) is 0.250. The molecular formula is C24H21ClN2OS2. The standard InChI is InChI=1S/C24H21ClN2OS2/c1-14-6-7-15(2)16(12-14)13-29-24-26-22-21(19-4-3-5-20(19)30-22)23(28)27(24)18-10-8-17(25)9-11-18/h6-12H,3-5,13H2,1-2H3. The van der Waals surface area contributed by atoms with Crippen molar-refractivity contribution in [2.75, 3.05) is 0 Å². The third kappa shape index (κ3) is 3.49. The van der Waals surface area contributed by atoms with Crippen molar-refractivity contribution >= 4 is 44.9 Å². The zero-order valence-corrected chi connectivity index (χ0v) is 19.3. The van der Waals surface area contributed by atoms with Crippen molar-refractivity contribution in [1.29, 1.82) is 0 Å². The molecule has 2 heterocycles. The Bertz CT molecular complexity index is 1320. The fourth-order valence-electron chi connectivity index (χ4n) is 4.04. The quantitative estimate of drug-likeness (QED) is 0.262. The first-order valence-corrected chi connectivity index (χ1v) is 12.2. The first kappa shape index (κ1) is 19.9. The minimum absolute atomic E-state index is 0.0326. The van der Waals surface area contributed by atoms with Crippen LogP contribution >= 0.6 is 34.7 Å². The molecule has 5 rings (SSSR count). The summed E-state index contributed by atoms with van der Waals surface area (Å²) in [6.45, 7) is 4.23. The van der Waals surface area contributed by atoms with Crippen molar-refractivity contribution in [3.8, 4) is 5.69 Å². The molecule has 2 aromatic heterocycles. The van der Waals surface area contributed by atoms with Crippen LogP contribution in [0.3, 0.4) is 0 Å². The summed E-state index contributed by atoms with van der Waals surface area (Å²) in [5, 5.41) is 2.19. The lowest BCUT2D eigenvalue weighted by atomic mass is 10.1. The van der Waals surface area contributed by atoms with Crippen molar-refractivity contribution in [1.82, 2.24) is 9.55 Å². The van der Waals surface area contributed by atoms with Crippen molar-refractivity contribution < 1.29 is 0 Å². The van der Waals surface area contributed by atoms with Gasteiger partial charge in [0.15, 0.2) is 5.16 Å². The van der Waals surface area contributed by atoms with Crippen molar-refractivity contribution in [3.63, 3.8) is 0 Å². The Morgan fingerprint density at radius 3 is 2.73 bits per heavy atom. The van der Waals surface area contributed by atoms with Crippen LogP contribution in [0.15, 0.2) is 52.4 Å². The second-order valence-electron chi connectivity index (χ2n) is 7.77. The first-order valence-electron chi connectivity index (χ1n) is 10.0. The molecular weight excluding hydrogens is 432 g/mol. The molecule has 0 N–H and O–H groups in total. The molecule has 0 atom stereocenters. The summed E-state index contributed by atoms with van der Waals surface area (Å²) in [6.07, 6.45) is 3.16. The molecule has 0 saturated heterocycles. The number of aromatic nitrogens is 2. The van der Waals surface area contributed by atoms with Gasteiger partial charge < -0.3 is 0 Å². The van der Waals surface area contributed by atoms with E-state index in [0.29, 0.717) is 5.02 Å². The molecule has 0 spiro atoms. The predicted octanol–water partition coefficient (Wildman–Crippen LogP) is 6.50. The van der Waals surface area contributed by atoms with Crippen molar-refractivity contribution in [3.05, 3.63) is 85.0 Å². The maximum atomic E-state index is 13.7. The van der Waals surface area contributed by atoms with Gasteiger partial charge in [0.1, 0.15) is 4.83 Å². The van der Waals surface area contributed by atoms with Gasteiger partial charge in [0.05, 0.1) is 11.1 Å². The number of rotatable bonds is 4. The van der Waals surface area contributed by atoms with E-state index in [1.54, 1.807) is 27.7 Å². The second kappa shape index (κ2) is 7.88. The Morgan fingerprint density at radius 2 is 1.93 bits per heavy atom. The van der Waals surface area contributed by atoms with Crippen LogP contribution in [0.1, 0.15) is 33.6 Å². The summed E-state index contributed by atoms with van der Waals surface area (Å²) in [5.74, 6) is 0.768. The highest BCUT2D eigenvalue weighted by atomic mass is 35.5. The molecule has 0 saturated carbocycles. The van der Waals surface area contributed by atoms with Crippen LogP contribution < -0.4 is 5.56 Å². The van der Waals surface area contributed by atoms with Gasteiger partial charge in [-0.1, -0.05) is 47.1 Å². The average molecular weight is 453 g/mol. The maximum Gasteiger partial charge on any atom is 0.267 e. The molecule has 0 bridgehead atoms. The average Bonchev–Trinajstić information content (AvgIpc) is 3.30. The smallest absolute Gasteiger partial charge is 0.267 e. The van der Waals surface area contributed by atoms with Gasteiger partial charge in [0, 0.05) is 15.7 Å². The van der Waals surface area contributed by atoms with E-state index in [0.717, 1.165) is 46.1 Å². The van der Waals surface area contributed by atoms with Gasteiger partial charge in [0.25, 0.3) is 5.56 Å². The fourth-order valence-corrected chi connectivity index (χ4v) is 6.54. The number of hydrogen-bond donors (Lipinski definition) is 0. The first-order chi connectivity index (χ1) is 14.5. The predicted molar refractivity (Wildman–Crippen MR) is 128 cm³/mol. The lowest BCUT2D eigenvalue weighted by molar-refractivity contribution is 0.820. The van der Waals surface area contributed by atoms with E-state index in [1.165, 1.54) is 27.1 Å². The van der Waals surface area contributed by atoms with Crippen molar-refractivity contribution in [2.24, 2.45) is 0 Å². The van der Waals surface area contributed by atoms with E-state index in [4.69, 9.17) is 16.6 Å². The Kier molecular flexibility index (Phi) is 5.21. The zero-order valence-electron chi connectivity index (χ0n) is 16.9. The Morgan fingerprint density at radius 1 is 1.13 bits per heavy atom. The summed E-state index contributed by atoms with van der Waals surface area (Å²) < 4.78 is 1.76. The van der Waals surface area contributed by atoms with Crippen molar-refractivity contribution in [2.45, 2.75) is 44.0 Å². The highest BCUT2D eigenvalue weighted by Crippen LogP contribution is 2.36. The minimum Gasteiger partial charge on any atom is -0.268 e. The molecule has 1 aliphatic rings. The molecule has 0 radical (unpaired) electrons. The lowest BCUT2D eigenvalue weighted by Crippen LogP contribution is -2.21. The summed E-state index contributed by atoms with van der Waals surface area (Å²) >= 11 is 9.41. The van der Waals surface area contributed by atoms with Crippen LogP contribution in [0, 0.1) is 13.8 Å². The molecule has 3 nitrogen and oxygen atoms in total. The van der Waals surface area contributed by atoms with Crippen LogP contribution in [0.2, 0.25) is 5.02 Å². The van der Waals surface area contributed by atoms with Crippen LogP contribution in [0.4, 0.5) is 0 Å². The zero-order chi connectivity index (χ0) is 20.8. The van der Waals surface area contributed by atoms with Gasteiger partial charge in [-0.15, -0.1) is 11.3 Å². The number of thiophene rings is 1. The summed E-state index contributed by atoms with van der Waals surface area (Å²) in [5.41, 5.74) is 5.81. The van der Waals surface area contributed by atoms with E-state index in [1.807, 2.05) is 24.3 Å². The van der Waals surface area contributed by atoms with E-state index in [2.05, 4.69) is 32.0 Å². The third-order valence-corrected chi connectivity index (χ3v) is 8.08. The van der Waals surface area contributed by atoms with Crippen LogP contribution in [-0.4, -0.2) is 9.55 Å². The molecule has 6 heteroatoms. The molecule has 4 aromatic rings. The monoisotopic (exact) mass is 452 g/mol. The Hall–Kier alpha value is -2.08. The number of benzene rings is 2. The normalized spacial score (nSPS) is 13.2. The highest BCUT2D eigenvalue weighted by molar-refractivity contribution is 7.98. The van der Waals surface area contributed by atoms with E-state index < -0.39 is 0 Å². The van der Waals surface area contributed by atoms with E-state index in [9.17, 15) is 4.79 Å². The van der Waals surface area contributed by atoms with Gasteiger partial charge in [-0.3, -0.25) is 9.36 Å². The highest BCUT2D eigenvalue weighted by Gasteiger charge is 2.24. The van der Waals surface area contributed by atoms with Crippen LogP contribution in [0.5, 0.6) is 0 Å². The number of fused-ring (bicyclic) bond motifs is 3. The topological polar surface area (TPSA) is 34.9 Å². The summed E-state index contributed by atoms with van der Waals surface area (Å²) in [7, 11) is 0. The van der Waals surface area contributed by atoms with Crippen LogP contribution in [-0.2, 0) is 18.6 Å². The van der Waals surface area contributed by atoms with Gasteiger partial charge >= 0.3 is 0 Å². The second-order valence-corrected chi connectivity index (χ2v) is 10.2. The summed E-state index contributed by atoms with van der Waals surface area (Å²) in [4.78, 5) is 20.8. The van der Waals surface area contributed by atoms with Gasteiger partial charge in [0.2, 0.25) is 0 Å². The number of halogens is 1. The van der Waals surface area contributed by atoms with Gasteiger partial charge in [-0.2, -0.15) is 0 Å². The minimum atomic E-state index is 0.0326. The van der Waals surface area contributed by atoms with E-state index in [-0.39, 0.29) is 5.56 Å². The lowest BCUT2D eigenvalue weighted by Gasteiger charge is -2.13. The number of aryl methyl sites for hydroxylation is 4. The largest absolute Gasteiger partial charge is 0.268 e.